The maximum atomic E-state index is 11.4. The molecule has 0 aliphatic carbocycles. The minimum atomic E-state index is -3.21. The molecule has 0 heterocycles. The van der Waals surface area contributed by atoms with Crippen LogP contribution in [0.5, 0.6) is 0 Å². The highest BCUT2D eigenvalue weighted by atomic mass is 16.6. The Labute approximate surface area is 96.1 Å². The van der Waals surface area contributed by atoms with Gasteiger partial charge >= 0.3 is 23.3 Å². The SMILES string of the molecule is COCCOC(=O)C(C(C)=O)(C(=O)O)C(=O)O. The average molecular weight is 248 g/mol. The lowest BCUT2D eigenvalue weighted by atomic mass is 9.84. The maximum Gasteiger partial charge on any atom is 0.343 e. The minimum absolute atomic E-state index is 0.0427. The van der Waals surface area contributed by atoms with E-state index >= 15 is 0 Å². The second kappa shape index (κ2) is 5.94. The molecule has 8 nitrogen and oxygen atoms in total. The molecule has 0 aliphatic heterocycles. The number of ketones is 1. The monoisotopic (exact) mass is 248 g/mol. The summed E-state index contributed by atoms with van der Waals surface area (Å²) in [6, 6.07) is 0. The Morgan fingerprint density at radius 3 is 1.82 bits per heavy atom. The van der Waals surface area contributed by atoms with Gasteiger partial charge in [0.1, 0.15) is 6.61 Å². The Kier molecular flexibility index (Phi) is 5.26. The van der Waals surface area contributed by atoms with Crippen LogP contribution in [-0.2, 0) is 28.7 Å². The second-order valence-electron chi connectivity index (χ2n) is 3.05. The topological polar surface area (TPSA) is 127 Å². The van der Waals surface area contributed by atoms with E-state index in [2.05, 4.69) is 9.47 Å². The molecule has 96 valence electrons. The fraction of sp³-hybridized carbons (Fsp3) is 0.556. The summed E-state index contributed by atoms with van der Waals surface area (Å²) >= 11 is 0. The maximum absolute atomic E-state index is 11.4. The summed E-state index contributed by atoms with van der Waals surface area (Å²) in [6.45, 7) is 0.309. The third-order valence-corrected chi connectivity index (χ3v) is 2.00. The van der Waals surface area contributed by atoms with Crippen LogP contribution in [0.25, 0.3) is 0 Å². The van der Waals surface area contributed by atoms with E-state index < -0.39 is 29.1 Å². The Bertz CT molecular complexity index is 309. The van der Waals surface area contributed by atoms with E-state index in [-0.39, 0.29) is 13.2 Å². The van der Waals surface area contributed by atoms with Crippen LogP contribution in [0, 0.1) is 5.41 Å². The van der Waals surface area contributed by atoms with Gasteiger partial charge in [-0.25, -0.2) is 14.4 Å². The van der Waals surface area contributed by atoms with Crippen molar-refractivity contribution in [1.82, 2.24) is 0 Å². The van der Waals surface area contributed by atoms with Gasteiger partial charge in [-0.15, -0.1) is 0 Å². The molecule has 8 heteroatoms. The zero-order valence-corrected chi connectivity index (χ0v) is 9.26. The molecular formula is C9H12O8. The molecule has 2 N–H and O–H groups in total. The number of rotatable bonds is 7. The van der Waals surface area contributed by atoms with Crippen molar-refractivity contribution < 1.29 is 38.9 Å². The average Bonchev–Trinajstić information content (AvgIpc) is 2.16. The van der Waals surface area contributed by atoms with Crippen LogP contribution in [0.2, 0.25) is 0 Å². The van der Waals surface area contributed by atoms with E-state index in [0.717, 1.165) is 0 Å². The molecule has 0 aromatic heterocycles. The number of hydrogen-bond acceptors (Lipinski definition) is 6. The van der Waals surface area contributed by atoms with Crippen molar-refractivity contribution in [3.63, 3.8) is 0 Å². The Morgan fingerprint density at radius 2 is 1.53 bits per heavy atom. The van der Waals surface area contributed by atoms with Gasteiger partial charge in [0, 0.05) is 7.11 Å². The van der Waals surface area contributed by atoms with Gasteiger partial charge in [-0.3, -0.25) is 4.79 Å². The molecule has 0 aliphatic rings. The highest BCUT2D eigenvalue weighted by Gasteiger charge is 2.60. The molecule has 0 spiro atoms. The largest absolute Gasteiger partial charge is 0.480 e. The summed E-state index contributed by atoms with van der Waals surface area (Å²) in [5.41, 5.74) is -3.21. The predicted molar refractivity (Wildman–Crippen MR) is 51.2 cm³/mol. The van der Waals surface area contributed by atoms with Gasteiger partial charge < -0.3 is 19.7 Å². The first kappa shape index (κ1) is 15.0. The number of Topliss-reactive ketones (excluding diaryl/α,β-unsaturated/α-hetero) is 1. The summed E-state index contributed by atoms with van der Waals surface area (Å²) in [7, 11) is 1.31. The van der Waals surface area contributed by atoms with Crippen LogP contribution in [-0.4, -0.2) is 54.2 Å². The molecule has 0 saturated heterocycles. The van der Waals surface area contributed by atoms with Crippen LogP contribution < -0.4 is 0 Å². The molecule has 17 heavy (non-hydrogen) atoms. The van der Waals surface area contributed by atoms with E-state index in [4.69, 9.17) is 10.2 Å². The van der Waals surface area contributed by atoms with E-state index in [1.165, 1.54) is 7.11 Å². The fourth-order valence-corrected chi connectivity index (χ4v) is 1.04. The Balaban J connectivity index is 5.18. The minimum Gasteiger partial charge on any atom is -0.480 e. The van der Waals surface area contributed by atoms with E-state index in [1.54, 1.807) is 0 Å². The Hall–Kier alpha value is -1.96. The standard InChI is InChI=1S/C9H12O8/c1-5(10)9(6(11)12,7(13)14)8(15)17-4-3-16-2/h3-4H2,1-2H3,(H,11,12)(H,13,14). The highest BCUT2D eigenvalue weighted by molar-refractivity contribution is 6.33. The number of aliphatic carboxylic acids is 2. The molecule has 0 radical (unpaired) electrons. The zero-order chi connectivity index (χ0) is 13.6. The van der Waals surface area contributed by atoms with Gasteiger partial charge in [0.25, 0.3) is 0 Å². The van der Waals surface area contributed by atoms with Crippen LogP contribution in [0.3, 0.4) is 0 Å². The van der Waals surface area contributed by atoms with Gasteiger partial charge in [-0.05, 0) is 6.92 Å². The van der Waals surface area contributed by atoms with Crippen LogP contribution in [0.4, 0.5) is 0 Å². The highest BCUT2D eigenvalue weighted by Crippen LogP contribution is 2.22. The first-order valence-corrected chi connectivity index (χ1v) is 4.45. The molecule has 0 aromatic rings. The first-order chi connectivity index (χ1) is 7.81. The van der Waals surface area contributed by atoms with Gasteiger partial charge in [-0.2, -0.15) is 0 Å². The number of carboxylic acid groups (broad SMARTS) is 2. The molecular weight excluding hydrogens is 236 g/mol. The number of carbonyl (C=O) groups excluding carboxylic acids is 2. The van der Waals surface area contributed by atoms with Gasteiger partial charge in [-0.1, -0.05) is 0 Å². The summed E-state index contributed by atoms with van der Waals surface area (Å²) in [4.78, 5) is 44.2. The lowest BCUT2D eigenvalue weighted by Crippen LogP contribution is -2.52. The van der Waals surface area contributed by atoms with Crippen molar-refractivity contribution in [3.8, 4) is 0 Å². The number of carbonyl (C=O) groups is 4. The summed E-state index contributed by atoms with van der Waals surface area (Å²) < 4.78 is 8.91. The lowest BCUT2D eigenvalue weighted by Gasteiger charge is -2.19. The molecule has 0 unspecified atom stereocenters. The molecule has 0 bridgehead atoms. The Morgan fingerprint density at radius 1 is 1.06 bits per heavy atom. The van der Waals surface area contributed by atoms with Crippen molar-refractivity contribution in [2.45, 2.75) is 6.92 Å². The summed E-state index contributed by atoms with van der Waals surface area (Å²) in [6.07, 6.45) is 0. The molecule has 0 amide bonds. The van der Waals surface area contributed by atoms with Crippen LogP contribution >= 0.6 is 0 Å². The third-order valence-electron chi connectivity index (χ3n) is 2.00. The van der Waals surface area contributed by atoms with Gasteiger partial charge in [0.2, 0.25) is 0 Å². The molecule has 0 saturated carbocycles. The van der Waals surface area contributed by atoms with Crippen molar-refractivity contribution in [1.29, 1.82) is 0 Å². The predicted octanol–water partition coefficient (Wildman–Crippen LogP) is -1.08. The van der Waals surface area contributed by atoms with Crippen molar-refractivity contribution in [3.05, 3.63) is 0 Å². The van der Waals surface area contributed by atoms with E-state index in [9.17, 15) is 19.2 Å². The van der Waals surface area contributed by atoms with Crippen molar-refractivity contribution >= 4 is 23.7 Å². The number of hydrogen-bond donors (Lipinski definition) is 2. The lowest BCUT2D eigenvalue weighted by molar-refractivity contribution is -0.180. The number of ether oxygens (including phenoxy) is 2. The summed E-state index contributed by atoms with van der Waals surface area (Å²) in [5.74, 6) is -7.14. The van der Waals surface area contributed by atoms with Crippen molar-refractivity contribution in [2.24, 2.45) is 5.41 Å². The van der Waals surface area contributed by atoms with E-state index in [0.29, 0.717) is 6.92 Å². The van der Waals surface area contributed by atoms with E-state index in [1.807, 2.05) is 0 Å². The number of methoxy groups -OCH3 is 1. The third kappa shape index (κ3) is 2.78. The van der Waals surface area contributed by atoms with Crippen LogP contribution in [0.1, 0.15) is 6.92 Å². The number of carboxylic acids is 2. The quantitative estimate of drug-likeness (QED) is 0.331. The summed E-state index contributed by atoms with van der Waals surface area (Å²) in [5, 5.41) is 17.5. The number of esters is 1. The van der Waals surface area contributed by atoms with Crippen molar-refractivity contribution in [2.75, 3.05) is 20.3 Å². The fourth-order valence-electron chi connectivity index (χ4n) is 1.04. The molecule has 0 atom stereocenters. The molecule has 0 rings (SSSR count). The smallest absolute Gasteiger partial charge is 0.343 e. The van der Waals surface area contributed by atoms with Gasteiger partial charge in [0.05, 0.1) is 6.61 Å². The second-order valence-corrected chi connectivity index (χ2v) is 3.05. The van der Waals surface area contributed by atoms with Crippen LogP contribution in [0.15, 0.2) is 0 Å². The zero-order valence-electron chi connectivity index (χ0n) is 9.26. The molecule has 0 fully saturated rings. The normalized spacial score (nSPS) is 10.7. The molecule has 0 aromatic carbocycles. The first-order valence-electron chi connectivity index (χ1n) is 4.45. The van der Waals surface area contributed by atoms with Gasteiger partial charge in [0.15, 0.2) is 5.78 Å².